The number of halogens is 3. The molecule has 3 aromatic carbocycles. The molecule has 0 unspecified atom stereocenters. The molecule has 0 saturated heterocycles. The number of hydrogen-bond donors (Lipinski definition) is 2. The lowest BCUT2D eigenvalue weighted by atomic mass is 9.97. The van der Waals surface area contributed by atoms with Gasteiger partial charge in [-0.3, -0.25) is 4.79 Å². The second-order valence-electron chi connectivity index (χ2n) is 6.99. The third-order valence-corrected chi connectivity index (χ3v) is 4.78. The van der Waals surface area contributed by atoms with Crippen molar-refractivity contribution >= 4 is 11.6 Å². The number of amides is 1. The SMILES string of the molecule is Cc1ccc([C@@H]([NH2+][C@H](C)C(=O)Nc2ccc(F)c(F)c2F)c2ccccc2)cc1. The molecule has 3 aromatic rings. The predicted molar refractivity (Wildman–Crippen MR) is 106 cm³/mol. The summed E-state index contributed by atoms with van der Waals surface area (Å²) in [5, 5.41) is 4.20. The van der Waals surface area contributed by atoms with Crippen LogP contribution in [0.4, 0.5) is 18.9 Å². The van der Waals surface area contributed by atoms with E-state index in [0.29, 0.717) is 0 Å². The molecule has 3 nitrogen and oxygen atoms in total. The summed E-state index contributed by atoms with van der Waals surface area (Å²) in [4.78, 5) is 12.6. The Labute approximate surface area is 167 Å². The van der Waals surface area contributed by atoms with E-state index in [2.05, 4.69) is 5.32 Å². The molecule has 6 heteroatoms. The number of carbonyl (C=O) groups is 1. The summed E-state index contributed by atoms with van der Waals surface area (Å²) in [6, 6.07) is 18.7. The van der Waals surface area contributed by atoms with Gasteiger partial charge in [0.1, 0.15) is 6.04 Å². The molecular weight excluding hydrogens is 377 g/mol. The fourth-order valence-corrected chi connectivity index (χ4v) is 3.09. The zero-order chi connectivity index (χ0) is 21.0. The van der Waals surface area contributed by atoms with Crippen LogP contribution in [0.1, 0.15) is 29.7 Å². The number of aryl methyl sites for hydroxylation is 1. The van der Waals surface area contributed by atoms with Crippen molar-refractivity contribution < 1.29 is 23.3 Å². The Kier molecular flexibility index (Phi) is 6.34. The van der Waals surface area contributed by atoms with Gasteiger partial charge in [-0.2, -0.15) is 0 Å². The molecular formula is C23H22F3N2O+. The van der Waals surface area contributed by atoms with Crippen molar-refractivity contribution in [2.24, 2.45) is 0 Å². The monoisotopic (exact) mass is 399 g/mol. The van der Waals surface area contributed by atoms with Gasteiger partial charge in [0.15, 0.2) is 23.5 Å². The van der Waals surface area contributed by atoms with Gasteiger partial charge in [-0.1, -0.05) is 60.2 Å². The van der Waals surface area contributed by atoms with Gasteiger partial charge >= 0.3 is 0 Å². The van der Waals surface area contributed by atoms with Crippen LogP contribution in [0.3, 0.4) is 0 Å². The van der Waals surface area contributed by atoms with E-state index in [1.165, 1.54) is 0 Å². The van der Waals surface area contributed by atoms with Crippen LogP contribution in [-0.4, -0.2) is 11.9 Å². The van der Waals surface area contributed by atoms with E-state index in [1.54, 1.807) is 6.92 Å². The minimum absolute atomic E-state index is 0.160. The van der Waals surface area contributed by atoms with Gasteiger partial charge in [0.25, 0.3) is 5.91 Å². The minimum Gasteiger partial charge on any atom is -0.326 e. The lowest BCUT2D eigenvalue weighted by Crippen LogP contribution is -2.92. The number of hydrogen-bond acceptors (Lipinski definition) is 1. The molecule has 1 amide bonds. The maximum Gasteiger partial charge on any atom is 0.282 e. The largest absolute Gasteiger partial charge is 0.326 e. The number of nitrogens with one attached hydrogen (secondary N) is 1. The number of nitrogens with two attached hydrogens (primary N) is 1. The fourth-order valence-electron chi connectivity index (χ4n) is 3.09. The van der Waals surface area contributed by atoms with E-state index in [4.69, 9.17) is 0 Å². The maximum atomic E-state index is 13.9. The van der Waals surface area contributed by atoms with E-state index < -0.39 is 29.4 Å². The molecule has 3 rings (SSSR count). The average molecular weight is 399 g/mol. The standard InChI is InChI=1S/C23H21F3N2O/c1-14-8-10-17(11-9-14)22(16-6-4-3-5-7-16)27-15(2)23(29)28-19-13-12-18(24)20(25)21(19)26/h3-13,15,22,27H,1-2H3,(H,28,29)/p+1/t15-,22+/m1/s1. The quantitative estimate of drug-likeness (QED) is 0.603. The second kappa shape index (κ2) is 8.92. The van der Waals surface area contributed by atoms with Gasteiger partial charge < -0.3 is 10.6 Å². The highest BCUT2D eigenvalue weighted by Crippen LogP contribution is 2.21. The van der Waals surface area contributed by atoms with Crippen LogP contribution >= 0.6 is 0 Å². The van der Waals surface area contributed by atoms with Crippen molar-refractivity contribution in [1.29, 1.82) is 0 Å². The summed E-state index contributed by atoms with van der Waals surface area (Å²) in [7, 11) is 0. The maximum absolute atomic E-state index is 13.9. The predicted octanol–water partition coefficient (Wildman–Crippen LogP) is 4.09. The Hall–Kier alpha value is -3.12. The number of anilines is 1. The number of benzene rings is 3. The topological polar surface area (TPSA) is 45.7 Å². The third kappa shape index (κ3) is 4.84. The number of carbonyl (C=O) groups excluding carboxylic acids is 1. The summed E-state index contributed by atoms with van der Waals surface area (Å²) in [5.74, 6) is -4.84. The molecule has 0 bridgehead atoms. The normalized spacial score (nSPS) is 13.0. The molecule has 29 heavy (non-hydrogen) atoms. The van der Waals surface area contributed by atoms with Crippen molar-refractivity contribution in [2.45, 2.75) is 25.9 Å². The molecule has 0 aliphatic heterocycles. The van der Waals surface area contributed by atoms with Crippen LogP contribution in [-0.2, 0) is 4.79 Å². The first-order chi connectivity index (χ1) is 13.9. The molecule has 150 valence electrons. The van der Waals surface area contributed by atoms with Gasteiger partial charge in [0.2, 0.25) is 0 Å². The van der Waals surface area contributed by atoms with E-state index in [-0.39, 0.29) is 11.7 Å². The molecule has 0 spiro atoms. The fraction of sp³-hybridized carbons (Fsp3) is 0.174. The van der Waals surface area contributed by atoms with Crippen LogP contribution in [0.2, 0.25) is 0 Å². The van der Waals surface area contributed by atoms with E-state index in [0.717, 1.165) is 28.8 Å². The first kappa shape index (κ1) is 20.6. The Bertz CT molecular complexity index is 991. The van der Waals surface area contributed by atoms with Crippen molar-refractivity contribution in [3.8, 4) is 0 Å². The summed E-state index contributed by atoms with van der Waals surface area (Å²) in [6.45, 7) is 3.68. The smallest absolute Gasteiger partial charge is 0.282 e. The van der Waals surface area contributed by atoms with Crippen LogP contribution in [0.5, 0.6) is 0 Å². The van der Waals surface area contributed by atoms with E-state index >= 15 is 0 Å². The van der Waals surface area contributed by atoms with Crippen LogP contribution < -0.4 is 10.6 Å². The Morgan fingerprint density at radius 2 is 1.48 bits per heavy atom. The summed E-state index contributed by atoms with van der Waals surface area (Å²) in [5.41, 5.74) is 2.76. The molecule has 0 aromatic heterocycles. The van der Waals surface area contributed by atoms with Crippen LogP contribution in [0.25, 0.3) is 0 Å². The van der Waals surface area contributed by atoms with Gasteiger partial charge in [0.05, 0.1) is 5.69 Å². The molecule has 0 fully saturated rings. The average Bonchev–Trinajstić information content (AvgIpc) is 2.73. The Morgan fingerprint density at radius 1 is 0.862 bits per heavy atom. The second-order valence-corrected chi connectivity index (χ2v) is 6.99. The van der Waals surface area contributed by atoms with Gasteiger partial charge in [-0.25, -0.2) is 13.2 Å². The van der Waals surface area contributed by atoms with Crippen molar-refractivity contribution in [3.05, 3.63) is 101 Å². The van der Waals surface area contributed by atoms with E-state index in [1.807, 2.05) is 66.8 Å². The molecule has 0 heterocycles. The Balaban J connectivity index is 1.81. The molecule has 2 atom stereocenters. The van der Waals surface area contributed by atoms with E-state index in [9.17, 15) is 18.0 Å². The van der Waals surface area contributed by atoms with Crippen LogP contribution in [0, 0.1) is 24.4 Å². The van der Waals surface area contributed by atoms with Crippen molar-refractivity contribution in [1.82, 2.24) is 0 Å². The highest BCUT2D eigenvalue weighted by Gasteiger charge is 2.26. The minimum atomic E-state index is -1.61. The summed E-state index contributed by atoms with van der Waals surface area (Å²) >= 11 is 0. The number of rotatable bonds is 6. The summed E-state index contributed by atoms with van der Waals surface area (Å²) < 4.78 is 40.4. The molecule has 0 aliphatic carbocycles. The first-order valence-electron chi connectivity index (χ1n) is 9.27. The van der Waals surface area contributed by atoms with Crippen LogP contribution in [0.15, 0.2) is 66.7 Å². The molecule has 3 N–H and O–H groups in total. The third-order valence-electron chi connectivity index (χ3n) is 4.78. The number of quaternary nitrogens is 1. The highest BCUT2D eigenvalue weighted by molar-refractivity contribution is 5.93. The Morgan fingerprint density at radius 3 is 2.14 bits per heavy atom. The molecule has 0 aliphatic rings. The first-order valence-corrected chi connectivity index (χ1v) is 9.27. The summed E-state index contributed by atoms with van der Waals surface area (Å²) in [6.07, 6.45) is 0. The molecule has 0 radical (unpaired) electrons. The van der Waals surface area contributed by atoms with Gasteiger partial charge in [-0.15, -0.1) is 0 Å². The van der Waals surface area contributed by atoms with Crippen molar-refractivity contribution in [2.75, 3.05) is 5.32 Å². The highest BCUT2D eigenvalue weighted by atomic mass is 19.2. The van der Waals surface area contributed by atoms with Gasteiger partial charge in [0, 0.05) is 11.1 Å². The van der Waals surface area contributed by atoms with Crippen molar-refractivity contribution in [3.63, 3.8) is 0 Å². The molecule has 0 saturated carbocycles. The van der Waals surface area contributed by atoms with Gasteiger partial charge in [-0.05, 0) is 26.0 Å². The zero-order valence-corrected chi connectivity index (χ0v) is 16.1. The lowest BCUT2D eigenvalue weighted by Gasteiger charge is -2.21. The lowest BCUT2D eigenvalue weighted by molar-refractivity contribution is -0.704. The zero-order valence-electron chi connectivity index (χ0n) is 16.1.